The lowest BCUT2D eigenvalue weighted by molar-refractivity contribution is 0.0945. The summed E-state index contributed by atoms with van der Waals surface area (Å²) >= 11 is 0. The second kappa shape index (κ2) is 8.17. The number of hydrazone groups is 1. The van der Waals surface area contributed by atoms with Crippen LogP contribution in [0.5, 0.6) is 5.75 Å². The first-order chi connectivity index (χ1) is 13.5. The number of aromatic hydroxyl groups is 1. The van der Waals surface area contributed by atoms with Crippen molar-refractivity contribution in [2.45, 2.75) is 0 Å². The van der Waals surface area contributed by atoms with Gasteiger partial charge in [-0.05, 0) is 29.8 Å². The molecule has 1 amide bonds. The molecule has 0 saturated heterocycles. The Kier molecular flexibility index (Phi) is 5.50. The number of carbonyl (C=O) groups is 1. The fourth-order valence-corrected chi connectivity index (χ4v) is 2.44. The van der Waals surface area contributed by atoms with E-state index in [1.807, 2.05) is 43.3 Å². The second-order valence-corrected chi connectivity index (χ2v) is 6.15. The highest BCUT2D eigenvalue weighted by atomic mass is 16.3. The smallest absolute Gasteiger partial charge is 0.295 e. The lowest BCUT2D eigenvalue weighted by Crippen LogP contribution is -2.27. The van der Waals surface area contributed by atoms with E-state index in [4.69, 9.17) is 0 Å². The van der Waals surface area contributed by atoms with E-state index in [0.717, 1.165) is 22.0 Å². The third kappa shape index (κ3) is 4.24. The number of nitrogens with zero attached hydrogens (tertiary/aromatic N) is 4. The maximum absolute atomic E-state index is 12.3. The quantitative estimate of drug-likeness (QED) is 0.521. The summed E-state index contributed by atoms with van der Waals surface area (Å²) < 4.78 is 1.04. The molecular formula is C20H19N5O3. The van der Waals surface area contributed by atoms with Gasteiger partial charge < -0.3 is 10.0 Å². The number of para-hydroxylation sites is 1. The molecule has 2 N–H and O–H groups in total. The van der Waals surface area contributed by atoms with Crippen LogP contribution in [0.3, 0.4) is 0 Å². The number of hydrogen-bond donors (Lipinski definition) is 2. The highest BCUT2D eigenvalue weighted by Crippen LogP contribution is 2.13. The first-order valence-electron chi connectivity index (χ1n) is 8.45. The van der Waals surface area contributed by atoms with Gasteiger partial charge in [0.05, 0.1) is 11.9 Å². The van der Waals surface area contributed by atoms with Crippen LogP contribution in [0, 0.1) is 0 Å². The van der Waals surface area contributed by atoms with Crippen molar-refractivity contribution in [3.8, 4) is 11.4 Å². The van der Waals surface area contributed by atoms with Crippen LogP contribution in [-0.4, -0.2) is 41.1 Å². The van der Waals surface area contributed by atoms with Gasteiger partial charge in [0.1, 0.15) is 0 Å². The van der Waals surface area contributed by atoms with Crippen LogP contribution >= 0.6 is 0 Å². The highest BCUT2D eigenvalue weighted by Gasteiger charge is 2.16. The Balaban J connectivity index is 1.78. The van der Waals surface area contributed by atoms with Crippen molar-refractivity contribution in [2.75, 3.05) is 19.0 Å². The first kappa shape index (κ1) is 18.8. The Morgan fingerprint density at radius 2 is 1.82 bits per heavy atom. The SMILES string of the molecule is CN(C)c1ccc(/C=N/NC(=O)c2nn(-c3ccccc3)c(=O)cc2O)cc1. The van der Waals surface area contributed by atoms with Gasteiger partial charge in [-0.1, -0.05) is 30.3 Å². The molecule has 3 rings (SSSR count). The summed E-state index contributed by atoms with van der Waals surface area (Å²) in [6.45, 7) is 0. The van der Waals surface area contributed by atoms with E-state index in [2.05, 4.69) is 15.6 Å². The monoisotopic (exact) mass is 377 g/mol. The van der Waals surface area contributed by atoms with Gasteiger partial charge in [-0.3, -0.25) is 9.59 Å². The van der Waals surface area contributed by atoms with E-state index in [1.54, 1.807) is 30.3 Å². The molecule has 0 aliphatic heterocycles. The molecule has 0 atom stereocenters. The maximum Gasteiger partial charge on any atom is 0.295 e. The first-order valence-corrected chi connectivity index (χ1v) is 8.45. The molecule has 8 heteroatoms. The lowest BCUT2D eigenvalue weighted by atomic mass is 10.2. The molecule has 3 aromatic rings. The summed E-state index contributed by atoms with van der Waals surface area (Å²) in [5.41, 5.74) is 3.76. The zero-order valence-electron chi connectivity index (χ0n) is 15.4. The zero-order chi connectivity index (χ0) is 20.1. The molecule has 1 heterocycles. The number of amides is 1. The predicted molar refractivity (Wildman–Crippen MR) is 107 cm³/mol. The van der Waals surface area contributed by atoms with Crippen molar-refractivity contribution in [1.82, 2.24) is 15.2 Å². The molecule has 0 fully saturated rings. The van der Waals surface area contributed by atoms with E-state index in [9.17, 15) is 14.7 Å². The summed E-state index contributed by atoms with van der Waals surface area (Å²) in [6, 6.07) is 17.1. The number of anilines is 1. The van der Waals surface area contributed by atoms with E-state index in [-0.39, 0.29) is 5.69 Å². The fraction of sp³-hybridized carbons (Fsp3) is 0.100. The van der Waals surface area contributed by atoms with E-state index in [1.165, 1.54) is 6.21 Å². The van der Waals surface area contributed by atoms with Crippen LogP contribution in [0.25, 0.3) is 5.69 Å². The largest absolute Gasteiger partial charge is 0.505 e. The average molecular weight is 377 g/mol. The highest BCUT2D eigenvalue weighted by molar-refractivity contribution is 5.95. The minimum Gasteiger partial charge on any atom is -0.505 e. The predicted octanol–water partition coefficient (Wildman–Crippen LogP) is 1.77. The molecule has 0 unspecified atom stereocenters. The van der Waals surface area contributed by atoms with Crippen LogP contribution in [0.2, 0.25) is 0 Å². The van der Waals surface area contributed by atoms with Crippen LogP contribution < -0.4 is 15.9 Å². The summed E-state index contributed by atoms with van der Waals surface area (Å²) in [5.74, 6) is -1.25. The number of rotatable bonds is 5. The summed E-state index contributed by atoms with van der Waals surface area (Å²) in [7, 11) is 3.88. The van der Waals surface area contributed by atoms with E-state index < -0.39 is 17.2 Å². The van der Waals surface area contributed by atoms with Gasteiger partial charge in [0.2, 0.25) is 0 Å². The third-order valence-electron chi connectivity index (χ3n) is 3.92. The van der Waals surface area contributed by atoms with Crippen molar-refractivity contribution in [1.29, 1.82) is 0 Å². The number of benzene rings is 2. The molecule has 0 aliphatic carbocycles. The molecule has 0 radical (unpaired) electrons. The fourth-order valence-electron chi connectivity index (χ4n) is 2.44. The second-order valence-electron chi connectivity index (χ2n) is 6.15. The van der Waals surface area contributed by atoms with Gasteiger partial charge in [0.15, 0.2) is 11.4 Å². The lowest BCUT2D eigenvalue weighted by Gasteiger charge is -2.11. The molecule has 1 aromatic heterocycles. The van der Waals surface area contributed by atoms with Gasteiger partial charge >= 0.3 is 0 Å². The van der Waals surface area contributed by atoms with Crippen LogP contribution in [-0.2, 0) is 0 Å². The van der Waals surface area contributed by atoms with Crippen molar-refractivity contribution in [2.24, 2.45) is 5.10 Å². The Bertz CT molecular complexity index is 1060. The number of carbonyl (C=O) groups excluding carboxylic acids is 1. The minimum absolute atomic E-state index is 0.302. The Hall–Kier alpha value is -3.94. The van der Waals surface area contributed by atoms with Gasteiger partial charge in [-0.15, -0.1) is 0 Å². The average Bonchev–Trinajstić information content (AvgIpc) is 2.69. The molecule has 8 nitrogen and oxygen atoms in total. The van der Waals surface area contributed by atoms with Crippen molar-refractivity contribution < 1.29 is 9.90 Å². The van der Waals surface area contributed by atoms with Crippen LogP contribution in [0.4, 0.5) is 5.69 Å². The van der Waals surface area contributed by atoms with Crippen LogP contribution in [0.1, 0.15) is 16.1 Å². The summed E-state index contributed by atoms with van der Waals surface area (Å²) in [4.78, 5) is 26.4. The summed E-state index contributed by atoms with van der Waals surface area (Å²) in [5, 5.41) is 17.8. The molecule has 0 saturated carbocycles. The molecule has 28 heavy (non-hydrogen) atoms. The molecule has 142 valence electrons. The van der Waals surface area contributed by atoms with Crippen molar-refractivity contribution in [3.05, 3.63) is 82.3 Å². The van der Waals surface area contributed by atoms with E-state index >= 15 is 0 Å². The number of aromatic nitrogens is 2. The number of hydrogen-bond acceptors (Lipinski definition) is 6. The van der Waals surface area contributed by atoms with Gasteiger partial charge in [-0.2, -0.15) is 14.9 Å². The van der Waals surface area contributed by atoms with Crippen molar-refractivity contribution >= 4 is 17.8 Å². The van der Waals surface area contributed by atoms with Gasteiger partial charge in [0.25, 0.3) is 11.5 Å². The topological polar surface area (TPSA) is 99.8 Å². The summed E-state index contributed by atoms with van der Waals surface area (Å²) in [6.07, 6.45) is 1.47. The zero-order valence-corrected chi connectivity index (χ0v) is 15.4. The standard InChI is InChI=1S/C20H19N5O3/c1-24(2)15-10-8-14(9-11-15)13-21-22-20(28)19-17(26)12-18(27)25(23-19)16-6-4-3-5-7-16/h3-13,26H,1-2H3,(H,22,28)/b21-13+. The Labute approximate surface area is 161 Å². The minimum atomic E-state index is -0.733. The van der Waals surface area contributed by atoms with E-state index in [0.29, 0.717) is 5.69 Å². The van der Waals surface area contributed by atoms with Crippen LogP contribution in [0.15, 0.2) is 70.6 Å². The maximum atomic E-state index is 12.3. The normalized spacial score (nSPS) is 10.8. The van der Waals surface area contributed by atoms with Gasteiger partial charge in [-0.25, -0.2) is 5.43 Å². The Morgan fingerprint density at radius 1 is 1.14 bits per heavy atom. The number of nitrogens with one attached hydrogen (secondary N) is 1. The van der Waals surface area contributed by atoms with Crippen molar-refractivity contribution in [3.63, 3.8) is 0 Å². The molecule has 2 aromatic carbocycles. The molecule has 0 aliphatic rings. The molecule has 0 spiro atoms. The Morgan fingerprint density at radius 3 is 2.46 bits per heavy atom. The molecule has 0 bridgehead atoms. The third-order valence-corrected chi connectivity index (χ3v) is 3.92. The van der Waals surface area contributed by atoms with Gasteiger partial charge in [0, 0.05) is 25.8 Å². The molecular weight excluding hydrogens is 358 g/mol.